The van der Waals surface area contributed by atoms with Gasteiger partial charge in [0.2, 0.25) is 11.1 Å². The van der Waals surface area contributed by atoms with Crippen LogP contribution in [0.15, 0.2) is 60.0 Å². The Kier molecular flexibility index (Phi) is 4.25. The Labute approximate surface area is 152 Å². The third kappa shape index (κ3) is 3.42. The quantitative estimate of drug-likeness (QED) is 0.556. The smallest absolute Gasteiger partial charge is 0.234 e. The van der Waals surface area contributed by atoms with E-state index >= 15 is 0 Å². The van der Waals surface area contributed by atoms with Crippen LogP contribution < -0.4 is 5.32 Å². The van der Waals surface area contributed by atoms with E-state index in [0.717, 1.165) is 16.6 Å². The Hall–Kier alpha value is -2.64. The zero-order valence-electron chi connectivity index (χ0n) is 12.9. The fourth-order valence-corrected chi connectivity index (χ4v) is 3.14. The van der Waals surface area contributed by atoms with Crippen molar-refractivity contribution >= 4 is 51.5 Å². The Morgan fingerprint density at radius 2 is 1.96 bits per heavy atom. The fourth-order valence-electron chi connectivity index (χ4n) is 2.38. The molecular formula is C17H12ClN5OS. The van der Waals surface area contributed by atoms with Crippen LogP contribution in [0.25, 0.3) is 16.6 Å². The van der Waals surface area contributed by atoms with Gasteiger partial charge >= 0.3 is 0 Å². The lowest BCUT2D eigenvalue weighted by atomic mass is 10.2. The lowest BCUT2D eigenvalue weighted by Crippen LogP contribution is -2.13. The maximum atomic E-state index is 12.1. The van der Waals surface area contributed by atoms with Crippen molar-refractivity contribution in [2.24, 2.45) is 0 Å². The third-order valence-electron chi connectivity index (χ3n) is 3.52. The number of aromatic nitrogens is 4. The molecule has 0 radical (unpaired) electrons. The number of carbonyl (C=O) groups is 1. The molecule has 0 saturated heterocycles. The first-order valence-corrected chi connectivity index (χ1v) is 8.84. The van der Waals surface area contributed by atoms with Gasteiger partial charge < -0.3 is 5.32 Å². The van der Waals surface area contributed by atoms with E-state index < -0.39 is 0 Å². The predicted octanol–water partition coefficient (Wildman–Crippen LogP) is 3.66. The second-order valence-electron chi connectivity index (χ2n) is 5.27. The number of nitrogens with one attached hydrogen (secondary N) is 1. The maximum Gasteiger partial charge on any atom is 0.234 e. The largest absolute Gasteiger partial charge is 0.325 e. The van der Waals surface area contributed by atoms with Crippen molar-refractivity contribution in [3.05, 3.63) is 59.9 Å². The number of rotatable bonds is 4. The molecule has 25 heavy (non-hydrogen) atoms. The number of amides is 1. The Morgan fingerprint density at radius 1 is 1.16 bits per heavy atom. The highest BCUT2D eigenvalue weighted by Gasteiger charge is 2.10. The number of halogens is 1. The van der Waals surface area contributed by atoms with Crippen molar-refractivity contribution in [2.45, 2.75) is 5.16 Å². The number of thioether (sulfide) groups is 1. The molecule has 0 spiro atoms. The van der Waals surface area contributed by atoms with Crippen molar-refractivity contribution in [2.75, 3.05) is 11.1 Å². The molecule has 0 unspecified atom stereocenters. The van der Waals surface area contributed by atoms with Gasteiger partial charge in [-0.1, -0.05) is 35.5 Å². The molecule has 8 heteroatoms. The standard InChI is InChI=1S/C17H12ClN5OS/c18-11-5-7-12(8-6-11)20-15(24)9-25-17-21-16-13-3-1-2-4-14(13)19-10-23(16)22-17/h1-8,10H,9H2,(H,20,24). The van der Waals surface area contributed by atoms with Crippen LogP contribution in [0.3, 0.4) is 0 Å². The van der Waals surface area contributed by atoms with Gasteiger partial charge in [0.25, 0.3) is 0 Å². The second-order valence-corrected chi connectivity index (χ2v) is 6.65. The topological polar surface area (TPSA) is 72.2 Å². The van der Waals surface area contributed by atoms with Crippen molar-refractivity contribution in [1.29, 1.82) is 0 Å². The molecule has 0 atom stereocenters. The predicted molar refractivity (Wildman–Crippen MR) is 99.1 cm³/mol. The normalized spacial score (nSPS) is 11.1. The number of hydrogen-bond donors (Lipinski definition) is 1. The Balaban J connectivity index is 1.48. The molecule has 4 aromatic rings. The number of nitrogens with zero attached hydrogens (tertiary/aromatic N) is 4. The second kappa shape index (κ2) is 6.70. The monoisotopic (exact) mass is 369 g/mol. The number of hydrogen-bond acceptors (Lipinski definition) is 5. The molecule has 2 heterocycles. The molecule has 0 aliphatic rings. The van der Waals surface area contributed by atoms with E-state index in [1.54, 1.807) is 35.1 Å². The minimum atomic E-state index is -0.130. The zero-order chi connectivity index (χ0) is 17.2. The molecule has 2 aromatic heterocycles. The molecule has 6 nitrogen and oxygen atoms in total. The van der Waals surface area contributed by atoms with Gasteiger partial charge in [0.05, 0.1) is 11.3 Å². The van der Waals surface area contributed by atoms with Crippen molar-refractivity contribution in [1.82, 2.24) is 19.6 Å². The van der Waals surface area contributed by atoms with Gasteiger partial charge in [-0.3, -0.25) is 4.79 Å². The molecule has 0 bridgehead atoms. The average Bonchev–Trinajstić information content (AvgIpc) is 3.06. The van der Waals surface area contributed by atoms with E-state index in [0.29, 0.717) is 15.9 Å². The maximum absolute atomic E-state index is 12.1. The summed E-state index contributed by atoms with van der Waals surface area (Å²) < 4.78 is 1.63. The first-order chi connectivity index (χ1) is 12.2. The van der Waals surface area contributed by atoms with Gasteiger partial charge in [-0.15, -0.1) is 5.10 Å². The third-order valence-corrected chi connectivity index (χ3v) is 4.61. The molecule has 0 saturated carbocycles. The molecule has 2 aromatic carbocycles. The van der Waals surface area contributed by atoms with E-state index in [1.807, 2.05) is 24.3 Å². The SMILES string of the molecule is O=C(CSc1nc2c3ccccc3ncn2n1)Nc1ccc(Cl)cc1. The summed E-state index contributed by atoms with van der Waals surface area (Å²) in [7, 11) is 0. The molecular weight excluding hydrogens is 358 g/mol. The van der Waals surface area contributed by atoms with Crippen LogP contribution in [0.2, 0.25) is 5.02 Å². The van der Waals surface area contributed by atoms with Crippen molar-refractivity contribution in [3.8, 4) is 0 Å². The summed E-state index contributed by atoms with van der Waals surface area (Å²) in [5, 5.41) is 9.26. The Morgan fingerprint density at radius 3 is 2.80 bits per heavy atom. The summed E-state index contributed by atoms with van der Waals surface area (Å²) in [6.45, 7) is 0. The summed E-state index contributed by atoms with van der Waals surface area (Å²) in [6.07, 6.45) is 1.63. The van der Waals surface area contributed by atoms with Gasteiger partial charge in [0.1, 0.15) is 6.33 Å². The highest BCUT2D eigenvalue weighted by molar-refractivity contribution is 7.99. The van der Waals surface area contributed by atoms with Crippen LogP contribution in [0, 0.1) is 0 Å². The number of carbonyl (C=O) groups excluding carboxylic acids is 1. The van der Waals surface area contributed by atoms with Gasteiger partial charge in [-0.25, -0.2) is 14.5 Å². The summed E-state index contributed by atoms with van der Waals surface area (Å²) >= 11 is 7.11. The van der Waals surface area contributed by atoms with Crippen LogP contribution in [0.4, 0.5) is 5.69 Å². The summed E-state index contributed by atoms with van der Waals surface area (Å²) in [5.41, 5.74) is 2.29. The number of anilines is 1. The zero-order valence-corrected chi connectivity index (χ0v) is 14.5. The molecule has 1 amide bonds. The van der Waals surface area contributed by atoms with Crippen LogP contribution in [-0.2, 0) is 4.79 Å². The highest BCUT2D eigenvalue weighted by Crippen LogP contribution is 2.20. The van der Waals surface area contributed by atoms with Crippen LogP contribution in [-0.4, -0.2) is 31.2 Å². The summed E-state index contributed by atoms with van der Waals surface area (Å²) in [5.74, 6) is 0.0828. The first kappa shape index (κ1) is 15.9. The van der Waals surface area contributed by atoms with E-state index in [2.05, 4.69) is 20.4 Å². The number of para-hydroxylation sites is 1. The van der Waals surface area contributed by atoms with E-state index in [4.69, 9.17) is 11.6 Å². The molecule has 4 rings (SSSR count). The highest BCUT2D eigenvalue weighted by atomic mass is 35.5. The Bertz CT molecular complexity index is 1060. The lowest BCUT2D eigenvalue weighted by Gasteiger charge is -2.03. The first-order valence-electron chi connectivity index (χ1n) is 7.47. The van der Waals surface area contributed by atoms with Gasteiger partial charge in [-0.05, 0) is 36.4 Å². The van der Waals surface area contributed by atoms with Gasteiger partial charge in [0, 0.05) is 16.1 Å². The summed E-state index contributed by atoms with van der Waals surface area (Å²) in [6, 6.07) is 14.7. The van der Waals surface area contributed by atoms with Gasteiger partial charge in [0.15, 0.2) is 5.65 Å². The van der Waals surface area contributed by atoms with E-state index in [1.165, 1.54) is 11.8 Å². The molecule has 0 aliphatic heterocycles. The lowest BCUT2D eigenvalue weighted by molar-refractivity contribution is -0.113. The molecule has 1 N–H and O–H groups in total. The molecule has 0 aliphatic carbocycles. The number of fused-ring (bicyclic) bond motifs is 3. The van der Waals surface area contributed by atoms with Crippen LogP contribution in [0.5, 0.6) is 0 Å². The average molecular weight is 370 g/mol. The van der Waals surface area contributed by atoms with Crippen LogP contribution in [0.1, 0.15) is 0 Å². The molecule has 124 valence electrons. The summed E-state index contributed by atoms with van der Waals surface area (Å²) in [4.78, 5) is 20.9. The van der Waals surface area contributed by atoms with Crippen molar-refractivity contribution in [3.63, 3.8) is 0 Å². The van der Waals surface area contributed by atoms with Crippen molar-refractivity contribution < 1.29 is 4.79 Å². The van der Waals surface area contributed by atoms with E-state index in [9.17, 15) is 4.79 Å². The minimum absolute atomic E-state index is 0.130. The minimum Gasteiger partial charge on any atom is -0.325 e. The fraction of sp³-hybridized carbons (Fsp3) is 0.0588. The van der Waals surface area contributed by atoms with Gasteiger partial charge in [-0.2, -0.15) is 0 Å². The van der Waals surface area contributed by atoms with E-state index in [-0.39, 0.29) is 11.7 Å². The van der Waals surface area contributed by atoms with Crippen LogP contribution >= 0.6 is 23.4 Å². The number of benzene rings is 2. The molecule has 0 fully saturated rings.